The zero-order valence-electron chi connectivity index (χ0n) is 9.32. The highest BCUT2D eigenvalue weighted by atomic mass is 15.3. The molecule has 2 heterocycles. The average Bonchev–Trinajstić information content (AvgIpc) is 2.58. The minimum Gasteiger partial charge on any atom is -0.393 e. The molecule has 0 aliphatic carbocycles. The monoisotopic (exact) mass is 222 g/mol. The highest BCUT2D eigenvalue weighted by Crippen LogP contribution is 2.27. The zero-order chi connectivity index (χ0) is 11.4. The maximum atomic E-state index is 5.97. The summed E-state index contributed by atoms with van der Waals surface area (Å²) in [7, 11) is 0. The minimum atomic E-state index is 0.495. The molecule has 16 heavy (non-hydrogen) atoms. The summed E-state index contributed by atoms with van der Waals surface area (Å²) < 4.78 is 0. The Kier molecular flexibility index (Phi) is 3.40. The summed E-state index contributed by atoms with van der Waals surface area (Å²) in [5, 5.41) is 0. The SMILES string of the molecule is NNc1ncnc(N2CCCCCC2)c1N. The molecule has 0 radical (unpaired) electrons. The third kappa shape index (κ3) is 2.16. The first-order valence-corrected chi connectivity index (χ1v) is 5.65. The van der Waals surface area contributed by atoms with Crippen LogP contribution in [-0.4, -0.2) is 23.1 Å². The maximum absolute atomic E-state index is 5.97. The van der Waals surface area contributed by atoms with Crippen LogP contribution >= 0.6 is 0 Å². The number of aromatic nitrogens is 2. The fourth-order valence-corrected chi connectivity index (χ4v) is 2.04. The molecule has 1 saturated heterocycles. The lowest BCUT2D eigenvalue weighted by Crippen LogP contribution is -2.26. The van der Waals surface area contributed by atoms with Crippen molar-refractivity contribution in [1.29, 1.82) is 0 Å². The second-order valence-electron chi connectivity index (χ2n) is 4.01. The van der Waals surface area contributed by atoms with Gasteiger partial charge in [-0.25, -0.2) is 15.8 Å². The van der Waals surface area contributed by atoms with E-state index in [9.17, 15) is 0 Å². The number of nitrogens with one attached hydrogen (secondary N) is 1. The molecule has 88 valence electrons. The van der Waals surface area contributed by atoms with Crippen molar-refractivity contribution in [3.63, 3.8) is 0 Å². The Morgan fingerprint density at radius 3 is 2.44 bits per heavy atom. The lowest BCUT2D eigenvalue weighted by atomic mass is 10.2. The summed E-state index contributed by atoms with van der Waals surface area (Å²) in [6, 6.07) is 0. The molecule has 0 aromatic carbocycles. The molecule has 0 bridgehead atoms. The summed E-state index contributed by atoms with van der Waals surface area (Å²) in [5.41, 5.74) is 8.99. The molecule has 0 saturated carbocycles. The van der Waals surface area contributed by atoms with Crippen LogP contribution in [0.3, 0.4) is 0 Å². The molecule has 1 aromatic rings. The van der Waals surface area contributed by atoms with E-state index in [2.05, 4.69) is 20.3 Å². The number of nitrogens with two attached hydrogens (primary N) is 2. The van der Waals surface area contributed by atoms with E-state index in [0.717, 1.165) is 18.9 Å². The van der Waals surface area contributed by atoms with Crippen molar-refractivity contribution in [2.75, 3.05) is 29.1 Å². The molecule has 6 heteroatoms. The molecule has 1 aliphatic rings. The largest absolute Gasteiger partial charge is 0.393 e. The summed E-state index contributed by atoms with van der Waals surface area (Å²) in [5.74, 6) is 6.63. The van der Waals surface area contributed by atoms with Gasteiger partial charge in [0.1, 0.15) is 12.0 Å². The van der Waals surface area contributed by atoms with E-state index >= 15 is 0 Å². The van der Waals surface area contributed by atoms with Crippen molar-refractivity contribution in [3.05, 3.63) is 6.33 Å². The van der Waals surface area contributed by atoms with Gasteiger partial charge < -0.3 is 16.1 Å². The van der Waals surface area contributed by atoms with Gasteiger partial charge in [-0.05, 0) is 12.8 Å². The van der Waals surface area contributed by atoms with E-state index in [1.807, 2.05) is 0 Å². The fraction of sp³-hybridized carbons (Fsp3) is 0.600. The van der Waals surface area contributed by atoms with Crippen molar-refractivity contribution in [2.45, 2.75) is 25.7 Å². The Hall–Kier alpha value is -1.56. The number of nitrogen functional groups attached to an aromatic ring is 2. The highest BCUT2D eigenvalue weighted by molar-refractivity contribution is 5.74. The van der Waals surface area contributed by atoms with Crippen LogP contribution in [-0.2, 0) is 0 Å². The molecule has 5 N–H and O–H groups in total. The lowest BCUT2D eigenvalue weighted by Gasteiger charge is -2.23. The first kappa shape index (κ1) is 10.9. The molecule has 0 amide bonds. The quantitative estimate of drug-likeness (QED) is 0.504. The standard InChI is InChI=1S/C10H18N6/c11-8-9(15-12)13-7-14-10(8)16-5-3-1-2-4-6-16/h7H,1-6,11-12H2,(H,13,14,15). The van der Waals surface area contributed by atoms with Crippen LogP contribution in [0.2, 0.25) is 0 Å². The Morgan fingerprint density at radius 2 is 1.81 bits per heavy atom. The molecular formula is C10H18N6. The second kappa shape index (κ2) is 4.98. The molecule has 6 nitrogen and oxygen atoms in total. The Balaban J connectivity index is 2.24. The third-order valence-electron chi connectivity index (χ3n) is 2.91. The van der Waals surface area contributed by atoms with Gasteiger partial charge in [0.2, 0.25) is 0 Å². The third-order valence-corrected chi connectivity index (χ3v) is 2.91. The second-order valence-corrected chi connectivity index (χ2v) is 4.01. The summed E-state index contributed by atoms with van der Waals surface area (Å²) in [4.78, 5) is 10.4. The van der Waals surface area contributed by atoms with Crippen LogP contribution in [0.5, 0.6) is 0 Å². The zero-order valence-corrected chi connectivity index (χ0v) is 9.32. The predicted molar refractivity (Wildman–Crippen MR) is 64.9 cm³/mol. The Labute approximate surface area is 95.0 Å². The van der Waals surface area contributed by atoms with Crippen molar-refractivity contribution < 1.29 is 0 Å². The molecule has 2 rings (SSSR count). The number of hydrogen-bond acceptors (Lipinski definition) is 6. The minimum absolute atomic E-state index is 0.495. The highest BCUT2D eigenvalue weighted by Gasteiger charge is 2.15. The van der Waals surface area contributed by atoms with Gasteiger partial charge in [-0.15, -0.1) is 0 Å². The van der Waals surface area contributed by atoms with Gasteiger partial charge in [-0.2, -0.15) is 0 Å². The van der Waals surface area contributed by atoms with Crippen LogP contribution in [0, 0.1) is 0 Å². The predicted octanol–water partition coefficient (Wildman–Crippen LogP) is 0.725. The van der Waals surface area contributed by atoms with Crippen molar-refractivity contribution in [2.24, 2.45) is 5.84 Å². The van der Waals surface area contributed by atoms with E-state index in [4.69, 9.17) is 11.6 Å². The fourth-order valence-electron chi connectivity index (χ4n) is 2.04. The van der Waals surface area contributed by atoms with E-state index in [1.165, 1.54) is 32.0 Å². The normalized spacial score (nSPS) is 16.9. The summed E-state index contributed by atoms with van der Waals surface area (Å²) in [6.07, 6.45) is 6.43. The topological polar surface area (TPSA) is 93.1 Å². The van der Waals surface area contributed by atoms with Crippen LogP contribution < -0.4 is 21.9 Å². The summed E-state index contributed by atoms with van der Waals surface area (Å²) in [6.45, 7) is 2.01. The summed E-state index contributed by atoms with van der Waals surface area (Å²) >= 11 is 0. The lowest BCUT2D eigenvalue weighted by molar-refractivity contribution is 0.726. The number of hydrazine groups is 1. The van der Waals surface area contributed by atoms with Crippen molar-refractivity contribution >= 4 is 17.3 Å². The average molecular weight is 222 g/mol. The molecule has 1 aliphatic heterocycles. The Bertz CT molecular complexity index is 345. The molecule has 0 atom stereocenters. The van der Waals surface area contributed by atoms with E-state index in [1.54, 1.807) is 0 Å². The van der Waals surface area contributed by atoms with Gasteiger partial charge in [-0.1, -0.05) is 12.8 Å². The van der Waals surface area contributed by atoms with E-state index in [-0.39, 0.29) is 0 Å². The van der Waals surface area contributed by atoms with Crippen LogP contribution in [0.25, 0.3) is 0 Å². The number of nitrogens with zero attached hydrogens (tertiary/aromatic N) is 3. The molecule has 0 spiro atoms. The van der Waals surface area contributed by atoms with Gasteiger partial charge in [0, 0.05) is 13.1 Å². The number of rotatable bonds is 2. The first-order chi connectivity index (χ1) is 7.83. The van der Waals surface area contributed by atoms with Crippen LogP contribution in [0.1, 0.15) is 25.7 Å². The van der Waals surface area contributed by atoms with Gasteiger partial charge >= 0.3 is 0 Å². The molecular weight excluding hydrogens is 204 g/mol. The number of hydrogen-bond donors (Lipinski definition) is 3. The van der Waals surface area contributed by atoms with E-state index < -0.39 is 0 Å². The molecule has 0 unspecified atom stereocenters. The van der Waals surface area contributed by atoms with Gasteiger partial charge in [0.05, 0.1) is 0 Å². The van der Waals surface area contributed by atoms with Crippen LogP contribution in [0.4, 0.5) is 17.3 Å². The van der Waals surface area contributed by atoms with Crippen molar-refractivity contribution in [3.8, 4) is 0 Å². The van der Waals surface area contributed by atoms with Crippen molar-refractivity contribution in [1.82, 2.24) is 9.97 Å². The van der Waals surface area contributed by atoms with Gasteiger partial charge in [0.25, 0.3) is 0 Å². The molecule has 1 fully saturated rings. The van der Waals surface area contributed by atoms with E-state index in [0.29, 0.717) is 11.5 Å². The molecule has 1 aromatic heterocycles. The first-order valence-electron chi connectivity index (χ1n) is 5.65. The smallest absolute Gasteiger partial charge is 0.168 e. The van der Waals surface area contributed by atoms with Gasteiger partial charge in [0.15, 0.2) is 11.6 Å². The van der Waals surface area contributed by atoms with Gasteiger partial charge in [-0.3, -0.25) is 0 Å². The Morgan fingerprint density at radius 1 is 1.12 bits per heavy atom. The maximum Gasteiger partial charge on any atom is 0.168 e. The number of anilines is 3. The van der Waals surface area contributed by atoms with Crippen LogP contribution in [0.15, 0.2) is 6.33 Å².